The maximum atomic E-state index is 10.9. The van der Waals surface area contributed by atoms with Crippen molar-refractivity contribution < 1.29 is 15.0 Å². The van der Waals surface area contributed by atoms with E-state index in [-0.39, 0.29) is 11.1 Å². The van der Waals surface area contributed by atoms with Crippen molar-refractivity contribution in [2.75, 3.05) is 0 Å². The Morgan fingerprint density at radius 3 is 2.62 bits per heavy atom. The number of rotatable bonds is 1. The van der Waals surface area contributed by atoms with E-state index < -0.39 is 11.7 Å². The van der Waals surface area contributed by atoms with Crippen molar-refractivity contribution in [1.82, 2.24) is 0 Å². The van der Waals surface area contributed by atoms with Gasteiger partial charge in [0.05, 0.1) is 0 Å². The van der Waals surface area contributed by atoms with Gasteiger partial charge in [-0.3, -0.25) is 0 Å². The highest BCUT2D eigenvalue weighted by Gasteiger charge is 2.16. The SMILES string of the molecule is N#Cc1c(O)c(C(=O)O)cc2ccccc12. The lowest BCUT2D eigenvalue weighted by molar-refractivity contribution is 0.0694. The van der Waals surface area contributed by atoms with Gasteiger partial charge in [0.1, 0.15) is 22.9 Å². The van der Waals surface area contributed by atoms with Crippen LogP contribution in [0.15, 0.2) is 30.3 Å². The number of hydrogen-bond donors (Lipinski definition) is 2. The Bertz CT molecular complexity index is 626. The molecule has 78 valence electrons. The number of fused-ring (bicyclic) bond motifs is 1. The molecule has 0 unspecified atom stereocenters. The van der Waals surface area contributed by atoms with Gasteiger partial charge in [0, 0.05) is 5.39 Å². The van der Waals surface area contributed by atoms with Crippen molar-refractivity contribution in [3.05, 3.63) is 41.5 Å². The highest BCUT2D eigenvalue weighted by Crippen LogP contribution is 2.30. The first-order chi connectivity index (χ1) is 7.65. The molecule has 0 spiro atoms. The minimum Gasteiger partial charge on any atom is -0.506 e. The van der Waals surface area contributed by atoms with Crippen molar-refractivity contribution in [1.29, 1.82) is 5.26 Å². The fourth-order valence-corrected chi connectivity index (χ4v) is 1.61. The van der Waals surface area contributed by atoms with Gasteiger partial charge in [0.2, 0.25) is 0 Å². The van der Waals surface area contributed by atoms with Crippen LogP contribution < -0.4 is 0 Å². The van der Waals surface area contributed by atoms with Gasteiger partial charge in [-0.15, -0.1) is 0 Å². The van der Waals surface area contributed by atoms with E-state index in [1.807, 2.05) is 6.07 Å². The van der Waals surface area contributed by atoms with E-state index in [2.05, 4.69) is 0 Å². The van der Waals surface area contributed by atoms with Gasteiger partial charge < -0.3 is 10.2 Å². The van der Waals surface area contributed by atoms with Crippen LogP contribution in [0.4, 0.5) is 0 Å². The van der Waals surface area contributed by atoms with Crippen LogP contribution in [-0.4, -0.2) is 16.2 Å². The van der Waals surface area contributed by atoms with E-state index in [0.29, 0.717) is 10.8 Å². The summed E-state index contributed by atoms with van der Waals surface area (Å²) in [5.41, 5.74) is -0.259. The number of nitriles is 1. The molecule has 0 radical (unpaired) electrons. The number of hydrogen-bond acceptors (Lipinski definition) is 3. The average molecular weight is 213 g/mol. The van der Waals surface area contributed by atoms with Gasteiger partial charge in [-0.2, -0.15) is 5.26 Å². The predicted octanol–water partition coefficient (Wildman–Crippen LogP) is 2.12. The average Bonchev–Trinajstić information content (AvgIpc) is 2.28. The second kappa shape index (κ2) is 3.55. The van der Waals surface area contributed by atoms with Gasteiger partial charge in [-0.25, -0.2) is 4.79 Å². The summed E-state index contributed by atoms with van der Waals surface area (Å²) in [5.74, 6) is -1.73. The summed E-state index contributed by atoms with van der Waals surface area (Å²) in [4.78, 5) is 10.9. The summed E-state index contributed by atoms with van der Waals surface area (Å²) in [6.45, 7) is 0. The zero-order valence-corrected chi connectivity index (χ0v) is 8.14. The molecule has 0 aliphatic carbocycles. The molecule has 0 heterocycles. The minimum absolute atomic E-state index is 0.00417. The maximum absolute atomic E-state index is 10.9. The number of nitrogens with zero attached hydrogens (tertiary/aromatic N) is 1. The van der Waals surface area contributed by atoms with E-state index in [0.717, 1.165) is 0 Å². The molecule has 0 aliphatic rings. The lowest BCUT2D eigenvalue weighted by Crippen LogP contribution is -1.98. The molecule has 0 amide bonds. The summed E-state index contributed by atoms with van der Waals surface area (Å²) in [6, 6.07) is 10.0. The first kappa shape index (κ1) is 9.99. The summed E-state index contributed by atoms with van der Waals surface area (Å²) in [6.07, 6.45) is 0. The van der Waals surface area contributed by atoms with Crippen LogP contribution in [0.3, 0.4) is 0 Å². The molecule has 0 aromatic heterocycles. The first-order valence-corrected chi connectivity index (χ1v) is 4.53. The summed E-state index contributed by atoms with van der Waals surface area (Å²) < 4.78 is 0. The highest BCUT2D eigenvalue weighted by molar-refractivity contribution is 6.00. The number of carboxylic acids is 1. The molecule has 0 atom stereocenters. The molecule has 2 rings (SSSR count). The molecule has 2 aromatic carbocycles. The zero-order chi connectivity index (χ0) is 11.7. The van der Waals surface area contributed by atoms with Crippen LogP contribution in [0.1, 0.15) is 15.9 Å². The summed E-state index contributed by atoms with van der Waals surface area (Å²) in [5, 5.41) is 28.6. The van der Waals surface area contributed by atoms with Crippen LogP contribution in [0, 0.1) is 11.3 Å². The highest BCUT2D eigenvalue weighted by atomic mass is 16.4. The van der Waals surface area contributed by atoms with Gasteiger partial charge in [-0.05, 0) is 11.5 Å². The standard InChI is InChI=1S/C12H7NO3/c13-6-10-8-4-2-1-3-7(8)5-9(11(10)14)12(15)16/h1-5,14H,(H,15,16). The van der Waals surface area contributed by atoms with E-state index >= 15 is 0 Å². The molecule has 16 heavy (non-hydrogen) atoms. The number of aromatic carboxylic acids is 1. The number of benzene rings is 2. The molecular formula is C12H7NO3. The molecule has 0 saturated heterocycles. The Hall–Kier alpha value is -2.54. The minimum atomic E-state index is -1.25. The topological polar surface area (TPSA) is 81.3 Å². The largest absolute Gasteiger partial charge is 0.506 e. The van der Waals surface area contributed by atoms with Gasteiger partial charge >= 0.3 is 5.97 Å². The van der Waals surface area contributed by atoms with Crippen molar-refractivity contribution in [2.24, 2.45) is 0 Å². The van der Waals surface area contributed by atoms with E-state index in [9.17, 15) is 9.90 Å². The quantitative estimate of drug-likeness (QED) is 0.760. The Balaban J connectivity index is 2.95. The lowest BCUT2D eigenvalue weighted by Gasteiger charge is -2.05. The number of carbonyl (C=O) groups is 1. The number of carboxylic acid groups (broad SMARTS) is 1. The monoisotopic (exact) mass is 213 g/mol. The van der Waals surface area contributed by atoms with Crippen LogP contribution in [0.2, 0.25) is 0 Å². The molecule has 0 bridgehead atoms. The van der Waals surface area contributed by atoms with Crippen molar-refractivity contribution >= 4 is 16.7 Å². The molecular weight excluding hydrogens is 206 g/mol. The molecule has 2 aromatic rings. The third kappa shape index (κ3) is 1.35. The molecule has 4 heteroatoms. The van der Waals surface area contributed by atoms with E-state index in [1.54, 1.807) is 24.3 Å². The Kier molecular flexibility index (Phi) is 2.22. The smallest absolute Gasteiger partial charge is 0.339 e. The van der Waals surface area contributed by atoms with Crippen LogP contribution in [0.5, 0.6) is 5.75 Å². The Labute approximate surface area is 91.0 Å². The predicted molar refractivity (Wildman–Crippen MR) is 57.3 cm³/mol. The Morgan fingerprint density at radius 1 is 1.31 bits per heavy atom. The fraction of sp³-hybridized carbons (Fsp3) is 0. The van der Waals surface area contributed by atoms with Crippen LogP contribution >= 0.6 is 0 Å². The normalized spacial score (nSPS) is 9.94. The van der Waals surface area contributed by atoms with Gasteiger partial charge in [-0.1, -0.05) is 24.3 Å². The second-order valence-electron chi connectivity index (χ2n) is 3.29. The number of phenols is 1. The van der Waals surface area contributed by atoms with Crippen molar-refractivity contribution in [2.45, 2.75) is 0 Å². The molecule has 0 aliphatic heterocycles. The zero-order valence-electron chi connectivity index (χ0n) is 8.14. The number of aromatic hydroxyl groups is 1. The van der Waals surface area contributed by atoms with Crippen LogP contribution in [0.25, 0.3) is 10.8 Å². The second-order valence-corrected chi connectivity index (χ2v) is 3.29. The molecule has 0 saturated carbocycles. The maximum Gasteiger partial charge on any atom is 0.339 e. The van der Waals surface area contributed by atoms with Crippen LogP contribution in [-0.2, 0) is 0 Å². The van der Waals surface area contributed by atoms with Crippen molar-refractivity contribution in [3.63, 3.8) is 0 Å². The fourth-order valence-electron chi connectivity index (χ4n) is 1.61. The molecule has 0 fully saturated rings. The van der Waals surface area contributed by atoms with Gasteiger partial charge in [0.25, 0.3) is 0 Å². The molecule has 4 nitrogen and oxygen atoms in total. The molecule has 2 N–H and O–H groups in total. The lowest BCUT2D eigenvalue weighted by atomic mass is 10.00. The Morgan fingerprint density at radius 2 is 2.00 bits per heavy atom. The summed E-state index contributed by atoms with van der Waals surface area (Å²) in [7, 11) is 0. The van der Waals surface area contributed by atoms with Crippen molar-refractivity contribution in [3.8, 4) is 11.8 Å². The van der Waals surface area contributed by atoms with Gasteiger partial charge in [0.15, 0.2) is 0 Å². The summed E-state index contributed by atoms with van der Waals surface area (Å²) >= 11 is 0. The van der Waals surface area contributed by atoms with E-state index in [4.69, 9.17) is 10.4 Å². The first-order valence-electron chi connectivity index (χ1n) is 4.53. The third-order valence-electron chi connectivity index (χ3n) is 2.36. The third-order valence-corrected chi connectivity index (χ3v) is 2.36. The van der Waals surface area contributed by atoms with E-state index in [1.165, 1.54) is 6.07 Å².